The fourth-order valence-corrected chi connectivity index (χ4v) is 3.09. The number of rotatable bonds is 8. The highest BCUT2D eigenvalue weighted by Crippen LogP contribution is 2.19. The Balaban J connectivity index is 1.67. The molecular weight excluding hydrogens is 302 g/mol. The van der Waals surface area contributed by atoms with Crippen LogP contribution >= 0.6 is 0 Å². The Kier molecular flexibility index (Phi) is 7.53. The van der Waals surface area contributed by atoms with Gasteiger partial charge in [-0.3, -0.25) is 0 Å². The van der Waals surface area contributed by atoms with E-state index in [9.17, 15) is 5.11 Å². The second-order valence-electron chi connectivity index (χ2n) is 7.46. The summed E-state index contributed by atoms with van der Waals surface area (Å²) in [4.78, 5) is 2.31. The molecule has 0 aromatic heterocycles. The molecule has 0 bridgehead atoms. The highest BCUT2D eigenvalue weighted by molar-refractivity contribution is 5.35. The van der Waals surface area contributed by atoms with E-state index in [4.69, 9.17) is 9.47 Å². The largest absolute Gasteiger partial charge is 0.491 e. The summed E-state index contributed by atoms with van der Waals surface area (Å²) in [6, 6.07) is 6.12. The Bertz CT molecular complexity index is 496. The second-order valence-corrected chi connectivity index (χ2v) is 7.46. The first-order valence-electron chi connectivity index (χ1n) is 9.16. The molecule has 4 heteroatoms. The molecule has 1 heterocycles. The van der Waals surface area contributed by atoms with Crippen LogP contribution in [0.4, 0.5) is 0 Å². The van der Waals surface area contributed by atoms with E-state index in [-0.39, 0.29) is 0 Å². The predicted octanol–water partition coefficient (Wildman–Crippen LogP) is 3.18. The summed E-state index contributed by atoms with van der Waals surface area (Å²) in [5, 5.41) is 10.3. The highest BCUT2D eigenvalue weighted by Gasteiger charge is 2.22. The molecule has 136 valence electrons. The summed E-state index contributed by atoms with van der Waals surface area (Å²) in [5.74, 6) is 1.45. The molecular formula is C20H33NO3. The van der Waals surface area contributed by atoms with Gasteiger partial charge in [-0.25, -0.2) is 0 Å². The van der Waals surface area contributed by atoms with Gasteiger partial charge in [-0.15, -0.1) is 0 Å². The van der Waals surface area contributed by atoms with E-state index < -0.39 is 6.10 Å². The summed E-state index contributed by atoms with van der Waals surface area (Å²) < 4.78 is 11.7. The molecule has 1 aromatic carbocycles. The maximum atomic E-state index is 10.3. The first-order chi connectivity index (χ1) is 11.4. The molecule has 1 aliphatic heterocycles. The number of aliphatic hydroxyl groups excluding tert-OH is 1. The van der Waals surface area contributed by atoms with Crippen LogP contribution in [-0.4, -0.2) is 55.1 Å². The van der Waals surface area contributed by atoms with Gasteiger partial charge in [0.15, 0.2) is 0 Å². The van der Waals surface area contributed by atoms with Gasteiger partial charge >= 0.3 is 0 Å². The van der Waals surface area contributed by atoms with Crippen LogP contribution in [0.15, 0.2) is 18.2 Å². The lowest BCUT2D eigenvalue weighted by Crippen LogP contribution is -2.42. The van der Waals surface area contributed by atoms with Crippen LogP contribution < -0.4 is 4.74 Å². The van der Waals surface area contributed by atoms with Crippen molar-refractivity contribution in [2.45, 2.75) is 52.7 Å². The Hall–Kier alpha value is -1.10. The molecule has 4 nitrogen and oxygen atoms in total. The van der Waals surface area contributed by atoms with Crippen molar-refractivity contribution in [2.75, 3.05) is 32.8 Å². The maximum Gasteiger partial charge on any atom is 0.122 e. The first-order valence-corrected chi connectivity index (χ1v) is 9.16. The molecule has 1 fully saturated rings. The van der Waals surface area contributed by atoms with E-state index in [1.54, 1.807) is 0 Å². The van der Waals surface area contributed by atoms with Gasteiger partial charge in [0.2, 0.25) is 0 Å². The Labute approximate surface area is 146 Å². The van der Waals surface area contributed by atoms with Crippen LogP contribution in [-0.2, 0) is 4.74 Å². The molecule has 0 radical (unpaired) electrons. The van der Waals surface area contributed by atoms with Crippen molar-refractivity contribution in [3.05, 3.63) is 29.3 Å². The van der Waals surface area contributed by atoms with Gasteiger partial charge in [-0.2, -0.15) is 0 Å². The van der Waals surface area contributed by atoms with Crippen LogP contribution in [0.3, 0.4) is 0 Å². The fraction of sp³-hybridized carbons (Fsp3) is 0.700. The summed E-state index contributed by atoms with van der Waals surface area (Å²) in [6.45, 7) is 12.3. The smallest absolute Gasteiger partial charge is 0.122 e. The topological polar surface area (TPSA) is 41.9 Å². The van der Waals surface area contributed by atoms with Crippen molar-refractivity contribution in [3.8, 4) is 5.75 Å². The highest BCUT2D eigenvalue weighted by atomic mass is 16.5. The number of hydrogen-bond acceptors (Lipinski definition) is 4. The second kappa shape index (κ2) is 9.40. The number of ether oxygens (including phenoxy) is 2. The lowest BCUT2D eigenvalue weighted by atomic mass is 10.1. The summed E-state index contributed by atoms with van der Waals surface area (Å²) in [5.41, 5.74) is 2.34. The molecule has 0 amide bonds. The zero-order valence-corrected chi connectivity index (χ0v) is 15.6. The van der Waals surface area contributed by atoms with Crippen molar-refractivity contribution in [1.29, 1.82) is 0 Å². The van der Waals surface area contributed by atoms with E-state index in [0.29, 0.717) is 25.2 Å². The summed E-state index contributed by atoms with van der Waals surface area (Å²) >= 11 is 0. The minimum absolute atomic E-state index is 0.341. The molecule has 24 heavy (non-hydrogen) atoms. The molecule has 0 spiro atoms. The zero-order chi connectivity index (χ0) is 17.5. The lowest BCUT2D eigenvalue weighted by molar-refractivity contribution is -0.0157. The Morgan fingerprint density at radius 1 is 1.17 bits per heavy atom. The minimum atomic E-state index is -0.459. The number of nitrogens with zero attached hydrogens (tertiary/aromatic N) is 1. The average Bonchev–Trinajstić information content (AvgIpc) is 2.53. The van der Waals surface area contributed by atoms with E-state index in [1.807, 2.05) is 19.1 Å². The third-order valence-electron chi connectivity index (χ3n) is 4.43. The summed E-state index contributed by atoms with van der Waals surface area (Å²) in [6.07, 6.45) is 2.03. The van der Waals surface area contributed by atoms with E-state index in [2.05, 4.69) is 31.7 Å². The molecule has 1 saturated heterocycles. The van der Waals surface area contributed by atoms with Gasteiger partial charge in [0.25, 0.3) is 0 Å². The number of piperidine rings is 1. The standard InChI is InChI=1S/C20H33NO3/c1-15(2)13-23-19-7-9-21(10-8-19)12-18(22)14-24-20-6-5-16(3)11-17(20)4/h5-6,11,15,18-19,22H,7-10,12-14H2,1-4H3. The SMILES string of the molecule is Cc1ccc(OCC(O)CN2CCC(OCC(C)C)CC2)c(C)c1. The van der Waals surface area contributed by atoms with Crippen molar-refractivity contribution < 1.29 is 14.6 Å². The first kappa shape index (κ1) is 19.2. The zero-order valence-electron chi connectivity index (χ0n) is 15.6. The number of hydrogen-bond donors (Lipinski definition) is 1. The molecule has 1 atom stereocenters. The van der Waals surface area contributed by atoms with Crippen LogP contribution in [0.25, 0.3) is 0 Å². The minimum Gasteiger partial charge on any atom is -0.491 e. The number of aliphatic hydroxyl groups is 1. The molecule has 0 aliphatic carbocycles. The van der Waals surface area contributed by atoms with Gasteiger partial charge in [0.05, 0.1) is 6.10 Å². The maximum absolute atomic E-state index is 10.3. The number of benzene rings is 1. The molecule has 1 aliphatic rings. The van der Waals surface area contributed by atoms with Gasteiger partial charge in [-0.1, -0.05) is 31.5 Å². The Morgan fingerprint density at radius 3 is 2.50 bits per heavy atom. The van der Waals surface area contributed by atoms with Gasteiger partial charge in [0.1, 0.15) is 18.5 Å². The van der Waals surface area contributed by atoms with Crippen molar-refractivity contribution in [3.63, 3.8) is 0 Å². The number of likely N-dealkylation sites (tertiary alicyclic amines) is 1. The summed E-state index contributed by atoms with van der Waals surface area (Å²) in [7, 11) is 0. The quantitative estimate of drug-likeness (QED) is 0.792. The van der Waals surface area contributed by atoms with Gasteiger partial charge < -0.3 is 19.5 Å². The van der Waals surface area contributed by atoms with Gasteiger partial charge in [-0.05, 0) is 44.2 Å². The molecule has 1 unspecified atom stereocenters. The third kappa shape index (κ3) is 6.42. The normalized spacial score (nSPS) is 18.1. The van der Waals surface area contributed by atoms with Crippen molar-refractivity contribution in [2.24, 2.45) is 5.92 Å². The Morgan fingerprint density at radius 2 is 1.88 bits per heavy atom. The van der Waals surface area contributed by atoms with Crippen LogP contribution in [0.5, 0.6) is 5.75 Å². The van der Waals surface area contributed by atoms with Crippen LogP contribution in [0.2, 0.25) is 0 Å². The molecule has 0 saturated carbocycles. The number of β-amino-alcohol motifs (C(OH)–C–C–N with tert-alkyl or cyclic N) is 1. The third-order valence-corrected chi connectivity index (χ3v) is 4.43. The fourth-order valence-electron chi connectivity index (χ4n) is 3.09. The van der Waals surface area contributed by atoms with Crippen LogP contribution in [0, 0.1) is 19.8 Å². The monoisotopic (exact) mass is 335 g/mol. The van der Waals surface area contributed by atoms with Crippen LogP contribution in [0.1, 0.15) is 37.8 Å². The van der Waals surface area contributed by atoms with E-state index in [1.165, 1.54) is 5.56 Å². The lowest BCUT2D eigenvalue weighted by Gasteiger charge is -2.33. The average molecular weight is 335 g/mol. The van der Waals surface area contributed by atoms with Crippen molar-refractivity contribution >= 4 is 0 Å². The van der Waals surface area contributed by atoms with E-state index >= 15 is 0 Å². The van der Waals surface area contributed by atoms with E-state index in [0.717, 1.165) is 43.9 Å². The number of aryl methyl sites for hydroxylation is 2. The predicted molar refractivity (Wildman–Crippen MR) is 97.7 cm³/mol. The van der Waals surface area contributed by atoms with Gasteiger partial charge in [0, 0.05) is 26.2 Å². The molecule has 1 N–H and O–H groups in total. The molecule has 2 rings (SSSR count). The van der Waals surface area contributed by atoms with Crippen molar-refractivity contribution in [1.82, 2.24) is 4.90 Å². The molecule has 1 aromatic rings.